The smallest absolute Gasteiger partial charge is 0.335 e. The number of rotatable bonds is 47. The van der Waals surface area contributed by atoms with E-state index in [0.717, 1.165) is 122 Å². The van der Waals surface area contributed by atoms with Crippen molar-refractivity contribution in [2.75, 3.05) is 13.2 Å². The standard InChI is InChI=1S/C65H100O12/c1-4-7-10-13-16-19-22-25-28-29-32-35-38-41-44-47-50-53-59(68)76-63-61(70)60(69)62(64(71)72)77-65(63)74-55-56(75-58(67)52-49-46-43-40-37-34-31-27-24-21-18-15-12-9-6-3)54-73-57(66)51-48-45-42-39-36-33-30-26-23-20-17-14-11-8-5-2/h7-8,10-11,16-21,25-28,30-32,35-36,39,45,48,56,60-63,65,69-70H,4-6,9,12-15,22-24,29,33-34,37-38,40-44,46-47,49-55H2,1-3H3,(H,71,72)/b10-7-,11-8-,19-16-,20-17-,21-18-,28-25-,30-26-,31-27-,35-32-,39-36-,48-45-. The zero-order valence-corrected chi connectivity index (χ0v) is 47.4. The molecule has 1 saturated heterocycles. The Kier molecular flexibility index (Phi) is 46.8. The Morgan fingerprint density at radius 2 is 0.857 bits per heavy atom. The van der Waals surface area contributed by atoms with Crippen LogP contribution in [-0.4, -0.2) is 89.2 Å². The van der Waals surface area contributed by atoms with Crippen LogP contribution < -0.4 is 0 Å². The third kappa shape index (κ3) is 41.6. The molecule has 12 heteroatoms. The average Bonchev–Trinajstić information content (AvgIpc) is 3.42. The molecule has 6 atom stereocenters. The fourth-order valence-electron chi connectivity index (χ4n) is 7.81. The summed E-state index contributed by atoms with van der Waals surface area (Å²) in [4.78, 5) is 51.1. The molecule has 6 unspecified atom stereocenters. The van der Waals surface area contributed by atoms with Crippen molar-refractivity contribution in [3.63, 3.8) is 0 Å². The molecule has 1 rings (SSSR count). The van der Waals surface area contributed by atoms with Crippen molar-refractivity contribution in [3.05, 3.63) is 134 Å². The summed E-state index contributed by atoms with van der Waals surface area (Å²) in [6.45, 7) is 5.61. The van der Waals surface area contributed by atoms with E-state index in [2.05, 4.69) is 136 Å². The van der Waals surface area contributed by atoms with Crippen molar-refractivity contribution in [3.8, 4) is 0 Å². The van der Waals surface area contributed by atoms with Crippen LogP contribution in [0.25, 0.3) is 0 Å². The van der Waals surface area contributed by atoms with Crippen molar-refractivity contribution in [1.29, 1.82) is 0 Å². The zero-order valence-electron chi connectivity index (χ0n) is 47.4. The summed E-state index contributed by atoms with van der Waals surface area (Å²) in [6.07, 6.45) is 60.1. The maximum atomic E-state index is 13.1. The third-order valence-electron chi connectivity index (χ3n) is 12.2. The lowest BCUT2D eigenvalue weighted by Crippen LogP contribution is -2.61. The maximum Gasteiger partial charge on any atom is 0.335 e. The second kappa shape index (κ2) is 51.6. The highest BCUT2D eigenvalue weighted by Crippen LogP contribution is 2.26. The van der Waals surface area contributed by atoms with E-state index in [4.69, 9.17) is 23.7 Å². The summed E-state index contributed by atoms with van der Waals surface area (Å²) >= 11 is 0. The first-order chi connectivity index (χ1) is 37.6. The summed E-state index contributed by atoms with van der Waals surface area (Å²) in [7, 11) is 0. The average molecular weight is 1070 g/mol. The van der Waals surface area contributed by atoms with Crippen LogP contribution in [0.3, 0.4) is 0 Å². The first-order valence-electron chi connectivity index (χ1n) is 29.2. The van der Waals surface area contributed by atoms with E-state index in [-0.39, 0.29) is 25.9 Å². The minimum Gasteiger partial charge on any atom is -0.479 e. The lowest BCUT2D eigenvalue weighted by atomic mass is 9.98. The van der Waals surface area contributed by atoms with Crippen LogP contribution in [0.5, 0.6) is 0 Å². The van der Waals surface area contributed by atoms with Gasteiger partial charge in [-0.25, -0.2) is 4.79 Å². The summed E-state index contributed by atoms with van der Waals surface area (Å²) in [5, 5.41) is 31.5. The molecule has 1 aliphatic rings. The van der Waals surface area contributed by atoms with Crippen molar-refractivity contribution < 1.29 is 58.2 Å². The van der Waals surface area contributed by atoms with E-state index in [1.807, 2.05) is 12.2 Å². The molecule has 1 heterocycles. The van der Waals surface area contributed by atoms with Gasteiger partial charge in [-0.3, -0.25) is 14.4 Å². The van der Waals surface area contributed by atoms with Gasteiger partial charge in [0.15, 0.2) is 24.6 Å². The number of hydrogen-bond donors (Lipinski definition) is 3. The molecule has 0 aromatic carbocycles. The van der Waals surface area contributed by atoms with Crippen LogP contribution in [0.4, 0.5) is 0 Å². The summed E-state index contributed by atoms with van der Waals surface area (Å²) < 4.78 is 28.2. The molecule has 0 saturated carbocycles. The molecule has 0 bridgehead atoms. The molecule has 3 N–H and O–H groups in total. The molecule has 0 amide bonds. The lowest BCUT2D eigenvalue weighted by molar-refractivity contribution is -0.301. The van der Waals surface area contributed by atoms with Gasteiger partial charge in [-0.05, 0) is 116 Å². The predicted octanol–water partition coefficient (Wildman–Crippen LogP) is 15.0. The van der Waals surface area contributed by atoms with Crippen LogP contribution >= 0.6 is 0 Å². The van der Waals surface area contributed by atoms with E-state index < -0.39 is 67.3 Å². The number of aliphatic hydroxyl groups excluding tert-OH is 2. The monoisotopic (exact) mass is 1070 g/mol. The Morgan fingerprint density at radius 3 is 1.31 bits per heavy atom. The maximum absolute atomic E-state index is 13.1. The van der Waals surface area contributed by atoms with Gasteiger partial charge in [-0.1, -0.05) is 199 Å². The minimum absolute atomic E-state index is 0.0145. The largest absolute Gasteiger partial charge is 0.479 e. The van der Waals surface area contributed by atoms with E-state index in [0.29, 0.717) is 19.3 Å². The summed E-state index contributed by atoms with van der Waals surface area (Å²) in [5.74, 6) is -3.36. The molecular formula is C65H100O12. The molecule has 1 fully saturated rings. The fraction of sp³-hybridized carbons (Fsp3) is 0.600. The van der Waals surface area contributed by atoms with Crippen molar-refractivity contribution in [1.82, 2.24) is 0 Å². The molecule has 0 radical (unpaired) electrons. The number of esters is 3. The molecular weight excluding hydrogens is 973 g/mol. The van der Waals surface area contributed by atoms with E-state index >= 15 is 0 Å². The summed E-state index contributed by atoms with van der Waals surface area (Å²) in [6, 6.07) is 0. The quantitative estimate of drug-likeness (QED) is 0.0228. The van der Waals surface area contributed by atoms with Crippen molar-refractivity contribution in [2.45, 2.75) is 237 Å². The van der Waals surface area contributed by atoms with Gasteiger partial charge in [0.1, 0.15) is 18.8 Å². The number of hydrogen-bond acceptors (Lipinski definition) is 11. The normalized spacial score (nSPS) is 19.0. The third-order valence-corrected chi connectivity index (χ3v) is 12.2. The first-order valence-corrected chi connectivity index (χ1v) is 29.2. The van der Waals surface area contributed by atoms with Gasteiger partial charge in [0.05, 0.1) is 13.0 Å². The molecule has 0 spiro atoms. The van der Waals surface area contributed by atoms with Gasteiger partial charge < -0.3 is 39.0 Å². The number of aliphatic hydroxyl groups is 2. The van der Waals surface area contributed by atoms with Crippen LogP contribution in [0.1, 0.15) is 201 Å². The molecule has 1 aliphatic heterocycles. The number of allylic oxidation sites excluding steroid dienone is 21. The number of carbonyl (C=O) groups excluding carboxylic acids is 3. The van der Waals surface area contributed by atoms with Crippen LogP contribution in [0, 0.1) is 0 Å². The van der Waals surface area contributed by atoms with Gasteiger partial charge in [0.25, 0.3) is 0 Å². The Morgan fingerprint density at radius 1 is 0.455 bits per heavy atom. The molecule has 432 valence electrons. The van der Waals surface area contributed by atoms with Crippen LogP contribution in [-0.2, 0) is 42.9 Å². The number of aliphatic carboxylic acids is 1. The van der Waals surface area contributed by atoms with Crippen LogP contribution in [0.15, 0.2) is 134 Å². The Hall–Kier alpha value is -5.14. The molecule has 0 aromatic rings. The number of carboxylic acid groups (broad SMARTS) is 1. The van der Waals surface area contributed by atoms with Crippen molar-refractivity contribution >= 4 is 23.9 Å². The zero-order chi connectivity index (χ0) is 56.1. The number of carbonyl (C=O) groups is 4. The highest BCUT2D eigenvalue weighted by atomic mass is 16.7. The second-order valence-electron chi connectivity index (χ2n) is 19.2. The Labute approximate surface area is 464 Å². The lowest BCUT2D eigenvalue weighted by Gasteiger charge is -2.40. The summed E-state index contributed by atoms with van der Waals surface area (Å²) in [5.41, 5.74) is 0. The first kappa shape index (κ1) is 69.9. The number of unbranched alkanes of at least 4 members (excludes halogenated alkanes) is 12. The fourth-order valence-corrected chi connectivity index (χ4v) is 7.81. The van der Waals surface area contributed by atoms with Gasteiger partial charge in [0, 0.05) is 12.8 Å². The van der Waals surface area contributed by atoms with Gasteiger partial charge >= 0.3 is 23.9 Å². The topological polar surface area (TPSA) is 175 Å². The minimum atomic E-state index is -1.93. The SMILES string of the molecule is CC/C=C\C/C=C\C/C=C\C/C=C\C/C=C\CC(=O)OCC(COC1OC(C(=O)O)C(O)C(O)C1OC(=O)CCCCCC/C=C\C/C=C\C/C=C\C/C=C\CC)OC(=O)CCCCCCC/C=C\C/C=C\CCCCC. The second-order valence-corrected chi connectivity index (χ2v) is 19.2. The van der Waals surface area contributed by atoms with Gasteiger partial charge in [-0.15, -0.1) is 0 Å². The predicted molar refractivity (Wildman–Crippen MR) is 312 cm³/mol. The van der Waals surface area contributed by atoms with Crippen LogP contribution in [0.2, 0.25) is 0 Å². The Balaban J connectivity index is 2.78. The van der Waals surface area contributed by atoms with Crippen molar-refractivity contribution in [2.24, 2.45) is 0 Å². The van der Waals surface area contributed by atoms with E-state index in [1.165, 1.54) is 19.3 Å². The van der Waals surface area contributed by atoms with E-state index in [9.17, 15) is 34.5 Å². The van der Waals surface area contributed by atoms with Gasteiger partial charge in [0.2, 0.25) is 0 Å². The highest BCUT2D eigenvalue weighted by molar-refractivity contribution is 5.74. The molecule has 77 heavy (non-hydrogen) atoms. The molecule has 12 nitrogen and oxygen atoms in total. The van der Waals surface area contributed by atoms with Gasteiger partial charge in [-0.2, -0.15) is 0 Å². The molecule has 0 aliphatic carbocycles. The molecule has 0 aromatic heterocycles. The number of carboxylic acids is 1. The number of ether oxygens (including phenoxy) is 5. The highest BCUT2D eigenvalue weighted by Gasteiger charge is 2.50. The Bertz CT molecular complexity index is 1850. The van der Waals surface area contributed by atoms with E-state index in [1.54, 1.807) is 6.08 Å².